The van der Waals surface area contributed by atoms with Crippen LogP contribution in [0.25, 0.3) is 22.6 Å². The lowest BCUT2D eigenvalue weighted by Gasteiger charge is -2.28. The van der Waals surface area contributed by atoms with Gasteiger partial charge < -0.3 is 25.7 Å². The molecule has 1 saturated carbocycles. The summed E-state index contributed by atoms with van der Waals surface area (Å²) in [4.78, 5) is 26.7. The molecule has 3 aromatic rings. The minimum atomic E-state index is -0.293. The van der Waals surface area contributed by atoms with E-state index in [2.05, 4.69) is 38.4 Å². The Bertz CT molecular complexity index is 1250. The van der Waals surface area contributed by atoms with Crippen molar-refractivity contribution >= 4 is 34.4 Å². The number of hydrogen-bond acceptors (Lipinski definition) is 6. The maximum absolute atomic E-state index is 12.2. The molecule has 9 heteroatoms. The van der Waals surface area contributed by atoms with Crippen LogP contribution in [0.5, 0.6) is 5.75 Å². The van der Waals surface area contributed by atoms with Crippen LogP contribution in [0.1, 0.15) is 12.0 Å². The number of nitrogens with zero attached hydrogens (tertiary/aromatic N) is 3. The molecule has 1 fully saturated rings. The Morgan fingerprint density at radius 1 is 1.33 bits per heavy atom. The van der Waals surface area contributed by atoms with Gasteiger partial charge in [0.15, 0.2) is 5.65 Å². The van der Waals surface area contributed by atoms with Crippen molar-refractivity contribution in [1.82, 2.24) is 19.9 Å². The Morgan fingerprint density at radius 2 is 2.12 bits per heavy atom. The molecule has 2 aromatic heterocycles. The van der Waals surface area contributed by atoms with Crippen molar-refractivity contribution in [3.63, 3.8) is 0 Å². The number of hydrogen-bond donors (Lipinski definition) is 3. The molecule has 0 radical (unpaired) electrons. The van der Waals surface area contributed by atoms with E-state index in [1.807, 2.05) is 26.2 Å². The first-order valence-electron chi connectivity index (χ1n) is 11.0. The van der Waals surface area contributed by atoms with E-state index >= 15 is 0 Å². The summed E-state index contributed by atoms with van der Waals surface area (Å²) in [6.07, 6.45) is 6.76. The Kier molecular flexibility index (Phi) is 5.50. The zero-order chi connectivity index (χ0) is 23.3. The number of amides is 1. The maximum atomic E-state index is 12.2. The molecule has 4 atom stereocenters. The number of anilines is 1. The Balaban J connectivity index is 1.53. The molecule has 0 aliphatic heterocycles. The second-order valence-electron chi connectivity index (χ2n) is 9.08. The molecule has 0 unspecified atom stereocenters. The van der Waals surface area contributed by atoms with Crippen LogP contribution < -0.4 is 15.8 Å². The fourth-order valence-electron chi connectivity index (χ4n) is 5.17. The van der Waals surface area contributed by atoms with Crippen molar-refractivity contribution in [2.45, 2.75) is 19.0 Å². The van der Waals surface area contributed by atoms with E-state index in [0.29, 0.717) is 27.7 Å². The predicted octanol–water partition coefficient (Wildman–Crippen LogP) is 3.44. The molecule has 2 aliphatic rings. The second kappa shape index (κ2) is 8.35. The zero-order valence-electron chi connectivity index (χ0n) is 18.8. The molecule has 1 aromatic carbocycles. The molecule has 0 spiro atoms. The molecule has 33 heavy (non-hydrogen) atoms. The lowest BCUT2D eigenvalue weighted by molar-refractivity contribution is -0.122. The smallest absolute Gasteiger partial charge is 0.223 e. The highest BCUT2D eigenvalue weighted by Gasteiger charge is 2.47. The standard InChI is InChI=1S/C24H27ClN6O2/c1-31(2)11-12-4-7-15(17(8-12)33-3)23-29-21-20(16(25)10-27-24(21)30-23)28-19-14-6-5-13(9-14)18(19)22(26)32/h4-8,10,13-14,18-19H,9,11H2,1-3H3,(H2,26,32)(H2,27,28,29,30)/t13-,14+,18+,19-/m1/s1. The molecular formula is C24H27ClN6O2. The third-order valence-corrected chi connectivity index (χ3v) is 6.88. The molecule has 2 aliphatic carbocycles. The van der Waals surface area contributed by atoms with Gasteiger partial charge in [-0.05, 0) is 50.0 Å². The summed E-state index contributed by atoms with van der Waals surface area (Å²) < 4.78 is 5.65. The summed E-state index contributed by atoms with van der Waals surface area (Å²) in [5.41, 5.74) is 9.61. The van der Waals surface area contributed by atoms with Gasteiger partial charge in [-0.2, -0.15) is 0 Å². The number of aromatic nitrogens is 3. The van der Waals surface area contributed by atoms with Crippen LogP contribution in [0.15, 0.2) is 36.5 Å². The van der Waals surface area contributed by atoms with E-state index < -0.39 is 0 Å². The van der Waals surface area contributed by atoms with E-state index in [4.69, 9.17) is 27.1 Å². The fraction of sp³-hybridized carbons (Fsp3) is 0.375. The van der Waals surface area contributed by atoms with Crippen LogP contribution in [0.2, 0.25) is 5.02 Å². The summed E-state index contributed by atoms with van der Waals surface area (Å²) in [6.45, 7) is 0.807. The lowest BCUT2D eigenvalue weighted by atomic mass is 9.88. The first kappa shape index (κ1) is 21.7. The summed E-state index contributed by atoms with van der Waals surface area (Å²) >= 11 is 6.56. The van der Waals surface area contributed by atoms with Crippen molar-refractivity contribution < 1.29 is 9.53 Å². The number of H-pyrrole nitrogens is 1. The number of fused-ring (bicyclic) bond motifs is 3. The largest absolute Gasteiger partial charge is 0.496 e. The van der Waals surface area contributed by atoms with E-state index in [0.717, 1.165) is 29.8 Å². The highest BCUT2D eigenvalue weighted by Crippen LogP contribution is 2.46. The number of imidazole rings is 1. The Hall–Kier alpha value is -3.10. The number of pyridine rings is 1. The van der Waals surface area contributed by atoms with Crippen LogP contribution in [0, 0.1) is 17.8 Å². The fourth-order valence-corrected chi connectivity index (χ4v) is 5.37. The average Bonchev–Trinajstić information content (AvgIpc) is 3.49. The molecule has 4 N–H and O–H groups in total. The number of halogens is 1. The van der Waals surface area contributed by atoms with E-state index in [9.17, 15) is 4.79 Å². The first-order chi connectivity index (χ1) is 15.9. The van der Waals surface area contributed by atoms with Gasteiger partial charge in [-0.25, -0.2) is 9.97 Å². The van der Waals surface area contributed by atoms with E-state index in [-0.39, 0.29) is 29.7 Å². The quantitative estimate of drug-likeness (QED) is 0.460. The van der Waals surface area contributed by atoms with Gasteiger partial charge >= 0.3 is 0 Å². The summed E-state index contributed by atoms with van der Waals surface area (Å²) in [6, 6.07) is 5.95. The summed E-state index contributed by atoms with van der Waals surface area (Å²) in [5.74, 6) is 1.20. The van der Waals surface area contributed by atoms with Crippen LogP contribution >= 0.6 is 11.6 Å². The van der Waals surface area contributed by atoms with Crippen molar-refractivity contribution in [1.29, 1.82) is 0 Å². The van der Waals surface area contributed by atoms with Crippen molar-refractivity contribution in [3.8, 4) is 17.1 Å². The third-order valence-electron chi connectivity index (χ3n) is 6.59. The normalized spacial score (nSPS) is 23.5. The minimum absolute atomic E-state index is 0.118. The highest BCUT2D eigenvalue weighted by molar-refractivity contribution is 6.34. The first-order valence-corrected chi connectivity index (χ1v) is 11.3. The van der Waals surface area contributed by atoms with Crippen LogP contribution in [-0.2, 0) is 11.3 Å². The molecule has 5 rings (SSSR count). The molecule has 2 heterocycles. The number of nitrogens with two attached hydrogens (primary N) is 1. The number of nitrogens with one attached hydrogen (secondary N) is 2. The number of allylic oxidation sites excluding steroid dienone is 1. The second-order valence-corrected chi connectivity index (χ2v) is 9.49. The van der Waals surface area contributed by atoms with Gasteiger partial charge in [0.1, 0.15) is 17.1 Å². The maximum Gasteiger partial charge on any atom is 0.223 e. The zero-order valence-corrected chi connectivity index (χ0v) is 19.6. The van der Waals surface area contributed by atoms with E-state index in [1.54, 1.807) is 13.3 Å². The average molecular weight is 467 g/mol. The van der Waals surface area contributed by atoms with Crippen molar-refractivity contribution in [3.05, 3.63) is 47.1 Å². The molecule has 8 nitrogen and oxygen atoms in total. The lowest BCUT2D eigenvalue weighted by Crippen LogP contribution is -2.41. The number of rotatable bonds is 7. The summed E-state index contributed by atoms with van der Waals surface area (Å²) in [7, 11) is 5.70. The topological polar surface area (TPSA) is 109 Å². The number of carbonyl (C=O) groups is 1. The summed E-state index contributed by atoms with van der Waals surface area (Å²) in [5, 5.41) is 3.97. The number of methoxy groups -OCH3 is 1. The molecule has 1 amide bonds. The van der Waals surface area contributed by atoms with Crippen LogP contribution in [0.3, 0.4) is 0 Å². The monoisotopic (exact) mass is 466 g/mol. The number of ether oxygens (including phenoxy) is 1. The van der Waals surface area contributed by atoms with Gasteiger partial charge in [0, 0.05) is 12.6 Å². The number of primary amides is 1. The van der Waals surface area contributed by atoms with Gasteiger partial charge in [-0.15, -0.1) is 0 Å². The number of carbonyl (C=O) groups excluding carboxylic acids is 1. The molecule has 2 bridgehead atoms. The van der Waals surface area contributed by atoms with Crippen LogP contribution in [0.4, 0.5) is 5.69 Å². The molecule has 0 saturated heterocycles. The molecular weight excluding hydrogens is 440 g/mol. The van der Waals surface area contributed by atoms with Gasteiger partial charge in [0.2, 0.25) is 5.91 Å². The van der Waals surface area contributed by atoms with Gasteiger partial charge in [-0.1, -0.05) is 29.8 Å². The van der Waals surface area contributed by atoms with Gasteiger partial charge in [0.05, 0.1) is 35.5 Å². The van der Waals surface area contributed by atoms with Gasteiger partial charge in [0.25, 0.3) is 0 Å². The molecule has 172 valence electrons. The Labute approximate surface area is 197 Å². The van der Waals surface area contributed by atoms with Crippen LogP contribution in [-0.4, -0.2) is 53.0 Å². The third kappa shape index (κ3) is 3.83. The van der Waals surface area contributed by atoms with E-state index in [1.165, 1.54) is 0 Å². The van der Waals surface area contributed by atoms with Gasteiger partial charge in [-0.3, -0.25) is 4.79 Å². The van der Waals surface area contributed by atoms with Crippen molar-refractivity contribution in [2.75, 3.05) is 26.5 Å². The Morgan fingerprint density at radius 3 is 2.85 bits per heavy atom. The highest BCUT2D eigenvalue weighted by atomic mass is 35.5. The SMILES string of the molecule is COc1cc(CN(C)C)ccc1-c1nc2ncc(Cl)c(N[C@H]3[C@@H](C(N)=O)[C@@H]4C=C[C@H]3C4)c2[nH]1. The number of benzene rings is 1. The minimum Gasteiger partial charge on any atom is -0.496 e. The van der Waals surface area contributed by atoms with Crippen molar-refractivity contribution in [2.24, 2.45) is 23.5 Å². The number of aromatic amines is 1. The predicted molar refractivity (Wildman–Crippen MR) is 129 cm³/mol.